The molecule has 92 valence electrons. The van der Waals surface area contributed by atoms with E-state index in [1.54, 1.807) is 18.2 Å². The number of halogens is 1. The SMILES string of the molecule is COC(=O)c1ccc(O[C@H]2C[C@H](N)C2)c(Br)c1. The van der Waals surface area contributed by atoms with Gasteiger partial charge in [-0.05, 0) is 47.0 Å². The molecule has 0 radical (unpaired) electrons. The number of carbonyl (C=O) groups is 1. The second kappa shape index (κ2) is 5.06. The van der Waals surface area contributed by atoms with E-state index in [4.69, 9.17) is 10.5 Å². The molecule has 0 spiro atoms. The molecule has 0 amide bonds. The van der Waals surface area contributed by atoms with Gasteiger partial charge in [-0.3, -0.25) is 0 Å². The van der Waals surface area contributed by atoms with Gasteiger partial charge in [0, 0.05) is 6.04 Å². The van der Waals surface area contributed by atoms with Crippen LogP contribution in [0.1, 0.15) is 23.2 Å². The Hall–Kier alpha value is -1.07. The van der Waals surface area contributed by atoms with Crippen molar-refractivity contribution in [3.05, 3.63) is 28.2 Å². The van der Waals surface area contributed by atoms with E-state index in [0.717, 1.165) is 23.1 Å². The van der Waals surface area contributed by atoms with E-state index in [-0.39, 0.29) is 18.1 Å². The van der Waals surface area contributed by atoms with Crippen molar-refractivity contribution in [3.8, 4) is 5.75 Å². The summed E-state index contributed by atoms with van der Waals surface area (Å²) in [5.41, 5.74) is 6.19. The van der Waals surface area contributed by atoms with Crippen LogP contribution in [0, 0.1) is 0 Å². The Labute approximate surface area is 108 Å². The predicted octanol–water partition coefficient (Wildman–Crippen LogP) is 2.10. The Morgan fingerprint density at radius 2 is 2.18 bits per heavy atom. The van der Waals surface area contributed by atoms with Crippen LogP contribution in [0.2, 0.25) is 0 Å². The van der Waals surface area contributed by atoms with Crippen LogP contribution in [0.15, 0.2) is 22.7 Å². The van der Waals surface area contributed by atoms with Crippen LogP contribution >= 0.6 is 15.9 Å². The van der Waals surface area contributed by atoms with E-state index < -0.39 is 0 Å². The lowest BCUT2D eigenvalue weighted by atomic mass is 9.90. The number of hydrogen-bond acceptors (Lipinski definition) is 4. The molecule has 1 saturated carbocycles. The van der Waals surface area contributed by atoms with Gasteiger partial charge >= 0.3 is 5.97 Å². The fourth-order valence-electron chi connectivity index (χ4n) is 1.72. The molecule has 1 aliphatic rings. The van der Waals surface area contributed by atoms with Gasteiger partial charge in [0.25, 0.3) is 0 Å². The van der Waals surface area contributed by atoms with Crippen LogP contribution in [0.25, 0.3) is 0 Å². The highest BCUT2D eigenvalue weighted by Gasteiger charge is 2.28. The van der Waals surface area contributed by atoms with Crippen molar-refractivity contribution in [1.82, 2.24) is 0 Å². The third-order valence-corrected chi connectivity index (χ3v) is 3.40. The van der Waals surface area contributed by atoms with Gasteiger partial charge in [0.2, 0.25) is 0 Å². The van der Waals surface area contributed by atoms with Crippen molar-refractivity contribution in [2.24, 2.45) is 5.73 Å². The van der Waals surface area contributed by atoms with Gasteiger partial charge in [0.05, 0.1) is 17.1 Å². The average molecular weight is 300 g/mol. The highest BCUT2D eigenvalue weighted by molar-refractivity contribution is 9.10. The first kappa shape index (κ1) is 12.4. The van der Waals surface area contributed by atoms with E-state index in [2.05, 4.69) is 20.7 Å². The van der Waals surface area contributed by atoms with E-state index in [1.807, 2.05) is 0 Å². The first-order valence-corrected chi connectivity index (χ1v) is 6.19. The molecule has 0 aromatic heterocycles. The summed E-state index contributed by atoms with van der Waals surface area (Å²) in [5.74, 6) is 0.373. The van der Waals surface area contributed by atoms with E-state index in [9.17, 15) is 4.79 Å². The van der Waals surface area contributed by atoms with Crippen LogP contribution in [-0.4, -0.2) is 25.2 Å². The van der Waals surface area contributed by atoms with Crippen LogP contribution in [0.3, 0.4) is 0 Å². The van der Waals surface area contributed by atoms with Crippen molar-refractivity contribution in [1.29, 1.82) is 0 Å². The summed E-state index contributed by atoms with van der Waals surface area (Å²) in [6.07, 6.45) is 1.95. The first-order valence-electron chi connectivity index (χ1n) is 5.40. The standard InChI is InChI=1S/C12H14BrNO3/c1-16-12(15)7-2-3-11(10(13)4-7)17-9-5-8(14)6-9/h2-4,8-9H,5-6,14H2,1H3/t8-,9-. The third kappa shape index (κ3) is 2.79. The lowest BCUT2D eigenvalue weighted by Crippen LogP contribution is -2.43. The minimum atomic E-state index is -0.358. The fourth-order valence-corrected chi connectivity index (χ4v) is 2.20. The predicted molar refractivity (Wildman–Crippen MR) is 67.1 cm³/mol. The van der Waals surface area contributed by atoms with Gasteiger partial charge in [-0.2, -0.15) is 0 Å². The van der Waals surface area contributed by atoms with E-state index in [1.165, 1.54) is 7.11 Å². The molecule has 0 saturated heterocycles. The summed E-state index contributed by atoms with van der Waals surface area (Å²) in [6.45, 7) is 0. The Kier molecular flexibility index (Phi) is 3.69. The molecular formula is C12H14BrNO3. The molecule has 2 rings (SSSR count). The Bertz CT molecular complexity index is 430. The van der Waals surface area contributed by atoms with Crippen molar-refractivity contribution in [2.45, 2.75) is 25.0 Å². The summed E-state index contributed by atoms with van der Waals surface area (Å²) in [7, 11) is 1.36. The molecule has 0 heterocycles. The van der Waals surface area contributed by atoms with Crippen molar-refractivity contribution in [2.75, 3.05) is 7.11 Å². The fraction of sp³-hybridized carbons (Fsp3) is 0.417. The number of methoxy groups -OCH3 is 1. The molecular weight excluding hydrogens is 286 g/mol. The molecule has 17 heavy (non-hydrogen) atoms. The summed E-state index contributed by atoms with van der Waals surface area (Å²) in [4.78, 5) is 11.3. The zero-order valence-electron chi connectivity index (χ0n) is 9.48. The Balaban J connectivity index is 2.06. The monoisotopic (exact) mass is 299 g/mol. The minimum absolute atomic E-state index is 0.185. The first-order chi connectivity index (χ1) is 8.10. The van der Waals surface area contributed by atoms with E-state index in [0.29, 0.717) is 5.56 Å². The number of ether oxygens (including phenoxy) is 2. The lowest BCUT2D eigenvalue weighted by molar-refractivity contribution is 0.0600. The normalized spacial score (nSPS) is 22.8. The van der Waals surface area contributed by atoms with Crippen LogP contribution in [0.4, 0.5) is 0 Å². The van der Waals surface area contributed by atoms with E-state index >= 15 is 0 Å². The molecule has 0 atom stereocenters. The van der Waals surface area contributed by atoms with Crippen molar-refractivity contribution >= 4 is 21.9 Å². The topological polar surface area (TPSA) is 61.5 Å². The van der Waals surface area contributed by atoms with Crippen molar-refractivity contribution in [3.63, 3.8) is 0 Å². The molecule has 1 fully saturated rings. The number of carbonyl (C=O) groups excluding carboxylic acids is 1. The van der Waals surface area contributed by atoms with Crippen LogP contribution < -0.4 is 10.5 Å². The minimum Gasteiger partial charge on any atom is -0.489 e. The van der Waals surface area contributed by atoms with Crippen LogP contribution in [0.5, 0.6) is 5.75 Å². The van der Waals surface area contributed by atoms with Crippen molar-refractivity contribution < 1.29 is 14.3 Å². The maximum atomic E-state index is 11.3. The van der Waals surface area contributed by atoms with Gasteiger partial charge in [0.1, 0.15) is 11.9 Å². The molecule has 0 bridgehead atoms. The number of esters is 1. The third-order valence-electron chi connectivity index (χ3n) is 2.78. The zero-order valence-corrected chi connectivity index (χ0v) is 11.1. The Morgan fingerprint density at radius 3 is 2.71 bits per heavy atom. The number of hydrogen-bond donors (Lipinski definition) is 1. The number of nitrogens with two attached hydrogens (primary N) is 1. The number of rotatable bonds is 3. The molecule has 1 aliphatic carbocycles. The largest absolute Gasteiger partial charge is 0.489 e. The average Bonchev–Trinajstić information content (AvgIpc) is 2.28. The highest BCUT2D eigenvalue weighted by Crippen LogP contribution is 2.31. The van der Waals surface area contributed by atoms with Gasteiger partial charge in [-0.25, -0.2) is 4.79 Å². The molecule has 4 nitrogen and oxygen atoms in total. The molecule has 1 aromatic rings. The smallest absolute Gasteiger partial charge is 0.337 e. The van der Waals surface area contributed by atoms with Gasteiger partial charge in [-0.15, -0.1) is 0 Å². The molecule has 0 unspecified atom stereocenters. The van der Waals surface area contributed by atoms with Gasteiger partial charge in [-0.1, -0.05) is 0 Å². The second-order valence-electron chi connectivity index (χ2n) is 4.11. The maximum Gasteiger partial charge on any atom is 0.337 e. The van der Waals surface area contributed by atoms with Gasteiger partial charge in [0.15, 0.2) is 0 Å². The quantitative estimate of drug-likeness (QED) is 0.868. The van der Waals surface area contributed by atoms with Gasteiger partial charge < -0.3 is 15.2 Å². The van der Waals surface area contributed by atoms with Crippen LogP contribution in [-0.2, 0) is 4.74 Å². The molecule has 5 heteroatoms. The lowest BCUT2D eigenvalue weighted by Gasteiger charge is -2.32. The maximum absolute atomic E-state index is 11.3. The summed E-state index contributed by atoms with van der Waals surface area (Å²) >= 11 is 3.38. The summed E-state index contributed by atoms with van der Waals surface area (Å²) in [6, 6.07) is 5.40. The second-order valence-corrected chi connectivity index (χ2v) is 4.96. The number of benzene rings is 1. The zero-order chi connectivity index (χ0) is 12.4. The molecule has 0 aliphatic heterocycles. The molecule has 2 N–H and O–H groups in total. The summed E-state index contributed by atoms with van der Waals surface area (Å²) < 4.78 is 11.1. The summed E-state index contributed by atoms with van der Waals surface area (Å²) in [5, 5.41) is 0. The Morgan fingerprint density at radius 1 is 1.47 bits per heavy atom. The highest BCUT2D eigenvalue weighted by atomic mass is 79.9. The molecule has 1 aromatic carbocycles.